The van der Waals surface area contributed by atoms with Crippen LogP contribution in [0.25, 0.3) is 0 Å². The number of likely N-dealkylation sites (tertiary alicyclic amines) is 1. The molecule has 7 heteroatoms. The van der Waals surface area contributed by atoms with E-state index in [1.807, 2.05) is 30.3 Å². The van der Waals surface area contributed by atoms with E-state index in [0.29, 0.717) is 26.2 Å². The van der Waals surface area contributed by atoms with E-state index in [1.54, 1.807) is 17.0 Å². The first-order chi connectivity index (χ1) is 16.0. The number of rotatable bonds is 11. The number of unbranched alkanes of at least 4 members (excludes halogenated alkanes) is 1. The normalized spacial score (nSPS) is 16.0. The molecule has 0 radical (unpaired) electrons. The molecule has 1 saturated heterocycles. The van der Waals surface area contributed by atoms with Gasteiger partial charge in [-0.2, -0.15) is 8.78 Å². The molecule has 1 heterocycles. The molecule has 1 fully saturated rings. The van der Waals surface area contributed by atoms with E-state index < -0.39 is 6.61 Å². The largest absolute Gasteiger partial charge is 0.493 e. The lowest BCUT2D eigenvalue weighted by atomic mass is 9.99. The maximum absolute atomic E-state index is 12.5. The molecular weight excluding hydrogens is 428 g/mol. The van der Waals surface area contributed by atoms with Crippen LogP contribution in [0.5, 0.6) is 11.5 Å². The molecule has 0 N–H and O–H groups in total. The summed E-state index contributed by atoms with van der Waals surface area (Å²) in [6.45, 7) is 1.61. The number of carbonyl (C=O) groups excluding carboxylic acids is 1. The highest BCUT2D eigenvalue weighted by molar-refractivity contribution is 5.67. The first-order valence-corrected chi connectivity index (χ1v) is 11.7. The molecule has 1 aliphatic heterocycles. The maximum Gasteiger partial charge on any atom is 0.409 e. The van der Waals surface area contributed by atoms with Crippen LogP contribution < -0.4 is 9.47 Å². The van der Waals surface area contributed by atoms with Gasteiger partial charge in [-0.3, -0.25) is 0 Å². The van der Waals surface area contributed by atoms with Crippen molar-refractivity contribution >= 4 is 6.09 Å². The Kier molecular flexibility index (Phi) is 9.78. The van der Waals surface area contributed by atoms with Gasteiger partial charge in [0.05, 0.1) is 13.2 Å². The Hall–Kier alpha value is -2.83. The minimum Gasteiger partial charge on any atom is -0.493 e. The van der Waals surface area contributed by atoms with Crippen molar-refractivity contribution in [3.05, 3.63) is 59.7 Å². The van der Waals surface area contributed by atoms with Gasteiger partial charge in [-0.1, -0.05) is 43.7 Å². The predicted octanol–water partition coefficient (Wildman–Crippen LogP) is 6.10. The molecule has 5 nitrogen and oxygen atoms in total. The third-order valence-corrected chi connectivity index (χ3v) is 5.75. The average molecular weight is 462 g/mol. The van der Waals surface area contributed by atoms with Gasteiger partial charge in [-0.05, 0) is 61.4 Å². The molecule has 1 aliphatic rings. The van der Waals surface area contributed by atoms with Crippen LogP contribution in [0.2, 0.25) is 0 Å². The second-order valence-corrected chi connectivity index (χ2v) is 8.37. The molecule has 0 saturated carbocycles. The lowest BCUT2D eigenvalue weighted by molar-refractivity contribution is -0.0498. The highest BCUT2D eigenvalue weighted by Crippen LogP contribution is 2.24. The number of amides is 1. The van der Waals surface area contributed by atoms with Gasteiger partial charge in [0, 0.05) is 19.0 Å². The Balaban J connectivity index is 1.52. The van der Waals surface area contributed by atoms with Gasteiger partial charge in [0.15, 0.2) is 0 Å². The number of nitrogens with zero attached hydrogens (tertiary/aromatic N) is 1. The number of ether oxygens (including phenoxy) is 3. The van der Waals surface area contributed by atoms with Crippen molar-refractivity contribution < 1.29 is 27.8 Å². The molecule has 33 heavy (non-hydrogen) atoms. The standard InChI is InChI=1S/C26H33F2NO4/c1-2-3-16-31-26(30)29-15-7-9-21(18-29)19-32-24-12-5-4-10-22(24)14-13-20-8-6-11-23(17-20)33-25(27)28/h4-6,8,10-12,17,21,25H,2-3,7,9,13-16,18-19H2,1H3. The van der Waals surface area contributed by atoms with Crippen molar-refractivity contribution in [2.24, 2.45) is 5.92 Å². The van der Waals surface area contributed by atoms with Crippen LogP contribution in [0, 0.1) is 5.92 Å². The summed E-state index contributed by atoms with van der Waals surface area (Å²) in [7, 11) is 0. The maximum atomic E-state index is 12.5. The highest BCUT2D eigenvalue weighted by atomic mass is 19.3. The summed E-state index contributed by atoms with van der Waals surface area (Å²) in [6.07, 6.45) is 5.00. The van der Waals surface area contributed by atoms with Gasteiger partial charge >= 0.3 is 12.7 Å². The Bertz CT molecular complexity index is 877. The van der Waals surface area contributed by atoms with Crippen molar-refractivity contribution in [2.45, 2.75) is 52.1 Å². The van der Waals surface area contributed by atoms with Crippen LogP contribution in [-0.4, -0.2) is 43.9 Å². The zero-order valence-electron chi connectivity index (χ0n) is 19.2. The lowest BCUT2D eigenvalue weighted by Crippen LogP contribution is -2.42. The molecule has 2 aromatic carbocycles. The van der Waals surface area contributed by atoms with Crippen molar-refractivity contribution in [1.82, 2.24) is 4.90 Å². The predicted molar refractivity (Wildman–Crippen MR) is 123 cm³/mol. The Morgan fingerprint density at radius 3 is 2.82 bits per heavy atom. The highest BCUT2D eigenvalue weighted by Gasteiger charge is 2.25. The number of benzene rings is 2. The van der Waals surface area contributed by atoms with Crippen LogP contribution >= 0.6 is 0 Å². The van der Waals surface area contributed by atoms with Crippen LogP contribution in [0.1, 0.15) is 43.7 Å². The van der Waals surface area contributed by atoms with Crippen molar-refractivity contribution in [2.75, 3.05) is 26.3 Å². The quantitative estimate of drug-likeness (QED) is 0.379. The fourth-order valence-corrected chi connectivity index (χ4v) is 3.98. The topological polar surface area (TPSA) is 48.0 Å². The summed E-state index contributed by atoms with van der Waals surface area (Å²) in [5.74, 6) is 1.25. The number of halogens is 2. The van der Waals surface area contributed by atoms with E-state index in [-0.39, 0.29) is 17.8 Å². The molecule has 0 spiro atoms. The number of aryl methyl sites for hydroxylation is 2. The minimum absolute atomic E-state index is 0.169. The summed E-state index contributed by atoms with van der Waals surface area (Å²) < 4.78 is 40.9. The number of piperidine rings is 1. The Morgan fingerprint density at radius 2 is 2.00 bits per heavy atom. The summed E-state index contributed by atoms with van der Waals surface area (Å²) >= 11 is 0. The van der Waals surface area contributed by atoms with E-state index in [4.69, 9.17) is 9.47 Å². The van der Waals surface area contributed by atoms with E-state index in [2.05, 4.69) is 11.7 Å². The molecule has 0 aromatic heterocycles. The third kappa shape index (κ3) is 8.22. The molecule has 0 bridgehead atoms. The molecule has 1 atom stereocenters. The summed E-state index contributed by atoms with van der Waals surface area (Å²) in [5.41, 5.74) is 1.98. The first kappa shape index (κ1) is 24.8. The van der Waals surface area contributed by atoms with Gasteiger partial charge in [-0.25, -0.2) is 4.79 Å². The molecule has 180 valence electrons. The summed E-state index contributed by atoms with van der Waals surface area (Å²) in [4.78, 5) is 14.0. The number of carbonyl (C=O) groups is 1. The number of hydrogen-bond acceptors (Lipinski definition) is 4. The Labute approximate surface area is 194 Å². The summed E-state index contributed by atoms with van der Waals surface area (Å²) in [6, 6.07) is 14.7. The monoisotopic (exact) mass is 461 g/mol. The second-order valence-electron chi connectivity index (χ2n) is 8.37. The molecule has 3 rings (SSSR count). The van der Waals surface area contributed by atoms with Gasteiger partial charge in [0.2, 0.25) is 0 Å². The van der Waals surface area contributed by atoms with Crippen LogP contribution in [0.4, 0.5) is 13.6 Å². The Morgan fingerprint density at radius 1 is 1.15 bits per heavy atom. The van der Waals surface area contributed by atoms with Gasteiger partial charge in [0.1, 0.15) is 11.5 Å². The second kappa shape index (κ2) is 13.0. The number of hydrogen-bond donors (Lipinski definition) is 0. The molecule has 1 unspecified atom stereocenters. The van der Waals surface area contributed by atoms with Crippen molar-refractivity contribution in [3.63, 3.8) is 0 Å². The van der Waals surface area contributed by atoms with Gasteiger partial charge in [0.25, 0.3) is 0 Å². The van der Waals surface area contributed by atoms with E-state index in [1.165, 1.54) is 6.07 Å². The zero-order valence-corrected chi connectivity index (χ0v) is 19.2. The van der Waals surface area contributed by atoms with E-state index in [0.717, 1.165) is 55.5 Å². The van der Waals surface area contributed by atoms with Crippen molar-refractivity contribution in [3.8, 4) is 11.5 Å². The van der Waals surface area contributed by atoms with Crippen molar-refractivity contribution in [1.29, 1.82) is 0 Å². The fraction of sp³-hybridized carbons (Fsp3) is 0.500. The molecule has 2 aromatic rings. The number of para-hydroxylation sites is 1. The van der Waals surface area contributed by atoms with Crippen LogP contribution in [0.15, 0.2) is 48.5 Å². The first-order valence-electron chi connectivity index (χ1n) is 11.7. The zero-order chi connectivity index (χ0) is 23.5. The average Bonchev–Trinajstić information content (AvgIpc) is 2.82. The number of alkyl halides is 2. The molecule has 1 amide bonds. The fourth-order valence-electron chi connectivity index (χ4n) is 3.98. The van der Waals surface area contributed by atoms with Crippen LogP contribution in [0.3, 0.4) is 0 Å². The van der Waals surface area contributed by atoms with Gasteiger partial charge in [-0.15, -0.1) is 0 Å². The van der Waals surface area contributed by atoms with E-state index >= 15 is 0 Å². The third-order valence-electron chi connectivity index (χ3n) is 5.75. The van der Waals surface area contributed by atoms with Crippen LogP contribution in [-0.2, 0) is 17.6 Å². The van der Waals surface area contributed by atoms with Gasteiger partial charge < -0.3 is 19.1 Å². The molecular formula is C26H33F2NO4. The summed E-state index contributed by atoms with van der Waals surface area (Å²) in [5, 5.41) is 0. The minimum atomic E-state index is -2.83. The molecule has 0 aliphatic carbocycles. The smallest absolute Gasteiger partial charge is 0.409 e. The van der Waals surface area contributed by atoms with E-state index in [9.17, 15) is 13.6 Å². The SMILES string of the molecule is CCCCOC(=O)N1CCCC(COc2ccccc2CCc2cccc(OC(F)F)c2)C1. The lowest BCUT2D eigenvalue weighted by Gasteiger charge is -2.32.